The Bertz CT molecular complexity index is 806. The lowest BCUT2D eigenvalue weighted by Crippen LogP contribution is -2.43. The van der Waals surface area contributed by atoms with Crippen LogP contribution >= 0.6 is 11.3 Å². The number of hydrogen-bond acceptors (Lipinski definition) is 5. The number of amides is 2. The van der Waals surface area contributed by atoms with Crippen LogP contribution < -0.4 is 14.8 Å². The molecule has 136 valence electrons. The molecule has 4 rings (SSSR count). The fraction of sp³-hybridized carbons (Fsp3) is 0.368. The Morgan fingerprint density at radius 1 is 1.15 bits per heavy atom. The first kappa shape index (κ1) is 16.9. The topological polar surface area (TPSA) is 67.9 Å². The Kier molecular flexibility index (Phi) is 4.79. The van der Waals surface area contributed by atoms with Gasteiger partial charge in [0, 0.05) is 13.1 Å². The molecule has 0 spiro atoms. The molecule has 0 aliphatic carbocycles. The largest absolute Gasteiger partial charge is 0.486 e. The number of nitrogens with one attached hydrogen (secondary N) is 1. The summed E-state index contributed by atoms with van der Waals surface area (Å²) in [4.78, 5) is 27.8. The second kappa shape index (κ2) is 7.37. The zero-order valence-electron chi connectivity index (χ0n) is 14.3. The number of para-hydroxylation sites is 1. The van der Waals surface area contributed by atoms with E-state index in [1.54, 1.807) is 4.90 Å². The highest BCUT2D eigenvalue weighted by Crippen LogP contribution is 2.37. The van der Waals surface area contributed by atoms with Crippen LogP contribution in [0.4, 0.5) is 5.69 Å². The standard InChI is InChI=1S/C19H20N2O4S/c22-18(20-14-5-1-6-15-17(14)25-10-9-24-15)13-4-2-8-21(12-13)19(23)16-7-3-11-26-16/h1,3,5-7,11,13H,2,4,8-10,12H2,(H,20,22). The van der Waals surface area contributed by atoms with Crippen LogP contribution in [0, 0.1) is 5.92 Å². The number of rotatable bonds is 3. The van der Waals surface area contributed by atoms with Gasteiger partial charge in [-0.25, -0.2) is 0 Å². The Hall–Kier alpha value is -2.54. The molecular formula is C19H20N2O4S. The molecule has 6 nitrogen and oxygen atoms in total. The molecule has 7 heteroatoms. The van der Waals surface area contributed by atoms with E-state index in [1.165, 1.54) is 11.3 Å². The molecular weight excluding hydrogens is 352 g/mol. The molecule has 26 heavy (non-hydrogen) atoms. The van der Waals surface area contributed by atoms with Gasteiger partial charge in [-0.15, -0.1) is 11.3 Å². The van der Waals surface area contributed by atoms with E-state index in [9.17, 15) is 9.59 Å². The highest BCUT2D eigenvalue weighted by atomic mass is 32.1. The third kappa shape index (κ3) is 3.39. The van der Waals surface area contributed by atoms with Gasteiger partial charge in [-0.1, -0.05) is 12.1 Å². The fourth-order valence-electron chi connectivity index (χ4n) is 3.34. The summed E-state index contributed by atoms with van der Waals surface area (Å²) in [5.74, 6) is 0.914. The van der Waals surface area contributed by atoms with Crippen molar-refractivity contribution in [2.45, 2.75) is 12.8 Å². The van der Waals surface area contributed by atoms with Gasteiger partial charge in [0.15, 0.2) is 11.5 Å². The van der Waals surface area contributed by atoms with Crippen LogP contribution in [0.1, 0.15) is 22.5 Å². The Balaban J connectivity index is 1.44. The van der Waals surface area contributed by atoms with Gasteiger partial charge in [0.2, 0.25) is 5.91 Å². The molecule has 2 aromatic rings. The van der Waals surface area contributed by atoms with Gasteiger partial charge in [0.05, 0.1) is 16.5 Å². The van der Waals surface area contributed by atoms with Gasteiger partial charge in [-0.3, -0.25) is 9.59 Å². The van der Waals surface area contributed by atoms with Crippen LogP contribution in [0.25, 0.3) is 0 Å². The van der Waals surface area contributed by atoms with Gasteiger partial charge in [0.25, 0.3) is 5.91 Å². The van der Waals surface area contributed by atoms with Crippen LogP contribution in [0.5, 0.6) is 11.5 Å². The molecule has 2 aliphatic heterocycles. The van der Waals surface area contributed by atoms with Crippen LogP contribution in [0.3, 0.4) is 0 Å². The Morgan fingerprint density at radius 3 is 2.88 bits per heavy atom. The minimum absolute atomic E-state index is 0.00586. The smallest absolute Gasteiger partial charge is 0.263 e. The molecule has 1 aromatic heterocycles. The van der Waals surface area contributed by atoms with Crippen molar-refractivity contribution in [1.29, 1.82) is 0 Å². The Labute approximate surface area is 155 Å². The lowest BCUT2D eigenvalue weighted by molar-refractivity contribution is -0.121. The molecule has 1 aromatic carbocycles. The summed E-state index contributed by atoms with van der Waals surface area (Å²) in [5, 5.41) is 4.85. The monoisotopic (exact) mass is 372 g/mol. The number of carbonyl (C=O) groups excluding carboxylic acids is 2. The van der Waals surface area contributed by atoms with Crippen molar-refractivity contribution in [3.8, 4) is 11.5 Å². The number of nitrogens with zero attached hydrogens (tertiary/aromatic N) is 1. The first-order chi connectivity index (χ1) is 12.7. The van der Waals surface area contributed by atoms with Crippen molar-refractivity contribution in [2.24, 2.45) is 5.92 Å². The summed E-state index contributed by atoms with van der Waals surface area (Å²) in [6.45, 7) is 2.10. The summed E-state index contributed by atoms with van der Waals surface area (Å²) in [6.07, 6.45) is 1.59. The molecule has 0 radical (unpaired) electrons. The van der Waals surface area contributed by atoms with Gasteiger partial charge >= 0.3 is 0 Å². The van der Waals surface area contributed by atoms with E-state index >= 15 is 0 Å². The van der Waals surface area contributed by atoms with Gasteiger partial charge in [-0.05, 0) is 36.4 Å². The second-order valence-electron chi connectivity index (χ2n) is 6.39. The number of hydrogen-bond donors (Lipinski definition) is 1. The van der Waals surface area contributed by atoms with Crippen molar-refractivity contribution < 1.29 is 19.1 Å². The molecule has 0 bridgehead atoms. The summed E-state index contributed by atoms with van der Waals surface area (Å²) in [5.41, 5.74) is 0.619. The van der Waals surface area contributed by atoms with Crippen molar-refractivity contribution in [3.63, 3.8) is 0 Å². The number of likely N-dealkylation sites (tertiary alicyclic amines) is 1. The maximum Gasteiger partial charge on any atom is 0.263 e. The number of fused-ring (bicyclic) bond motifs is 1. The minimum Gasteiger partial charge on any atom is -0.486 e. The molecule has 1 fully saturated rings. The van der Waals surface area contributed by atoms with Crippen molar-refractivity contribution in [3.05, 3.63) is 40.6 Å². The number of carbonyl (C=O) groups is 2. The van der Waals surface area contributed by atoms with Gasteiger partial charge in [0.1, 0.15) is 13.2 Å². The average Bonchev–Trinajstić information content (AvgIpc) is 3.22. The van der Waals surface area contributed by atoms with E-state index in [4.69, 9.17) is 9.47 Å². The van der Waals surface area contributed by atoms with E-state index < -0.39 is 0 Å². The summed E-state index contributed by atoms with van der Waals surface area (Å²) >= 11 is 1.43. The lowest BCUT2D eigenvalue weighted by Gasteiger charge is -2.32. The zero-order valence-corrected chi connectivity index (χ0v) is 15.1. The normalized spacial score (nSPS) is 19.1. The maximum atomic E-state index is 12.8. The van der Waals surface area contributed by atoms with Crippen LogP contribution in [0.2, 0.25) is 0 Å². The van der Waals surface area contributed by atoms with Crippen LogP contribution in [0.15, 0.2) is 35.7 Å². The summed E-state index contributed by atoms with van der Waals surface area (Å²) < 4.78 is 11.2. The van der Waals surface area contributed by atoms with E-state index in [0.717, 1.165) is 12.8 Å². The van der Waals surface area contributed by atoms with E-state index in [2.05, 4.69) is 5.32 Å². The molecule has 1 atom stereocenters. The predicted octanol–water partition coefficient (Wildman–Crippen LogP) is 3.01. The molecule has 0 saturated carbocycles. The maximum absolute atomic E-state index is 12.8. The number of ether oxygens (including phenoxy) is 2. The molecule has 2 amide bonds. The highest BCUT2D eigenvalue weighted by molar-refractivity contribution is 7.12. The van der Waals surface area contributed by atoms with E-state index in [0.29, 0.717) is 48.4 Å². The third-order valence-corrected chi connectivity index (χ3v) is 5.49. The number of benzene rings is 1. The molecule has 1 unspecified atom stereocenters. The minimum atomic E-state index is -0.229. The highest BCUT2D eigenvalue weighted by Gasteiger charge is 2.30. The third-order valence-electron chi connectivity index (χ3n) is 4.64. The zero-order chi connectivity index (χ0) is 17.9. The van der Waals surface area contributed by atoms with Crippen molar-refractivity contribution >= 4 is 28.8 Å². The lowest BCUT2D eigenvalue weighted by atomic mass is 9.96. The Morgan fingerprint density at radius 2 is 2.04 bits per heavy atom. The second-order valence-corrected chi connectivity index (χ2v) is 7.33. The van der Waals surface area contributed by atoms with Gasteiger partial charge < -0.3 is 19.7 Å². The number of thiophene rings is 1. The summed E-state index contributed by atoms with van der Waals surface area (Å²) in [6, 6.07) is 9.16. The number of anilines is 1. The van der Waals surface area contributed by atoms with Crippen LogP contribution in [-0.2, 0) is 4.79 Å². The van der Waals surface area contributed by atoms with E-state index in [-0.39, 0.29) is 17.7 Å². The first-order valence-corrected chi connectivity index (χ1v) is 9.62. The molecule has 2 aliphatic rings. The SMILES string of the molecule is O=C(Nc1cccc2c1OCCO2)C1CCCN(C(=O)c2cccs2)C1. The molecule has 1 saturated heterocycles. The quantitative estimate of drug-likeness (QED) is 0.899. The van der Waals surface area contributed by atoms with Crippen LogP contribution in [-0.4, -0.2) is 43.0 Å². The van der Waals surface area contributed by atoms with Crippen molar-refractivity contribution in [2.75, 3.05) is 31.6 Å². The molecule has 3 heterocycles. The number of piperidine rings is 1. The molecule has 1 N–H and O–H groups in total. The fourth-order valence-corrected chi connectivity index (χ4v) is 4.03. The van der Waals surface area contributed by atoms with Crippen molar-refractivity contribution in [1.82, 2.24) is 4.90 Å². The van der Waals surface area contributed by atoms with Gasteiger partial charge in [-0.2, -0.15) is 0 Å². The average molecular weight is 372 g/mol. The predicted molar refractivity (Wildman–Crippen MR) is 99.0 cm³/mol. The van der Waals surface area contributed by atoms with E-state index in [1.807, 2.05) is 35.7 Å². The summed E-state index contributed by atoms with van der Waals surface area (Å²) in [7, 11) is 0. The first-order valence-electron chi connectivity index (χ1n) is 8.74.